The summed E-state index contributed by atoms with van der Waals surface area (Å²) in [6.45, 7) is 0. The lowest BCUT2D eigenvalue weighted by Gasteiger charge is -2.19. The maximum absolute atomic E-state index is 13.0. The third-order valence-electron chi connectivity index (χ3n) is 6.15. The van der Waals surface area contributed by atoms with Gasteiger partial charge in [0.1, 0.15) is 5.78 Å². The number of hydrogen-bond donors (Lipinski definition) is 0. The number of Topliss-reactive ketones (excluding diaryl/α,β-unsaturated/α-hetero) is 1. The highest BCUT2D eigenvalue weighted by Crippen LogP contribution is 2.51. The van der Waals surface area contributed by atoms with Crippen LogP contribution in [0.5, 0.6) is 17.2 Å². The van der Waals surface area contributed by atoms with Gasteiger partial charge in [-0.2, -0.15) is 0 Å². The van der Waals surface area contributed by atoms with Crippen molar-refractivity contribution in [2.45, 2.75) is 42.9 Å². The monoisotopic (exact) mass is 486 g/mol. The summed E-state index contributed by atoms with van der Waals surface area (Å²) >= 11 is 1.38. The minimum absolute atomic E-state index is 0.0431. The first kappa shape index (κ1) is 25.6. The van der Waals surface area contributed by atoms with Gasteiger partial charge in [0.05, 0.1) is 39.8 Å². The van der Waals surface area contributed by atoms with E-state index in [-0.39, 0.29) is 36.4 Å². The molecule has 3 rings (SSSR count). The molecule has 7 nitrogen and oxygen atoms in total. The van der Waals surface area contributed by atoms with Crippen LogP contribution in [0.4, 0.5) is 0 Å². The molecule has 0 radical (unpaired) electrons. The smallest absolute Gasteiger partial charge is 0.305 e. The molecule has 1 atom stereocenters. The lowest BCUT2D eigenvalue weighted by molar-refractivity contribution is -0.142. The predicted molar refractivity (Wildman–Crippen MR) is 132 cm³/mol. The Morgan fingerprint density at radius 1 is 1.00 bits per heavy atom. The van der Waals surface area contributed by atoms with Gasteiger partial charge in [-0.3, -0.25) is 14.4 Å². The average molecular weight is 487 g/mol. The van der Waals surface area contributed by atoms with Crippen molar-refractivity contribution in [1.82, 2.24) is 0 Å². The Labute approximate surface area is 203 Å². The van der Waals surface area contributed by atoms with E-state index in [1.54, 1.807) is 27.4 Å². The number of methoxy groups -OCH3 is 4. The lowest BCUT2D eigenvalue weighted by Crippen LogP contribution is -2.11. The van der Waals surface area contributed by atoms with Gasteiger partial charge in [-0.15, -0.1) is 11.8 Å². The molecule has 0 N–H and O–H groups in total. The highest BCUT2D eigenvalue weighted by atomic mass is 32.2. The van der Waals surface area contributed by atoms with Gasteiger partial charge in [-0.25, -0.2) is 0 Å². The number of fused-ring (bicyclic) bond motifs is 3. The van der Waals surface area contributed by atoms with E-state index in [1.807, 2.05) is 24.5 Å². The van der Waals surface area contributed by atoms with Gasteiger partial charge in [0.15, 0.2) is 16.9 Å². The fourth-order valence-corrected chi connectivity index (χ4v) is 4.94. The highest BCUT2D eigenvalue weighted by Gasteiger charge is 2.30. The minimum Gasteiger partial charge on any atom is -0.493 e. The number of thioether (sulfide) groups is 1. The van der Waals surface area contributed by atoms with Crippen molar-refractivity contribution in [2.75, 3.05) is 34.7 Å². The molecule has 2 aromatic rings. The van der Waals surface area contributed by atoms with Crippen LogP contribution in [0, 0.1) is 0 Å². The quantitative estimate of drug-likeness (QED) is 0.381. The largest absolute Gasteiger partial charge is 0.493 e. The van der Waals surface area contributed by atoms with Gasteiger partial charge in [0.2, 0.25) is 5.75 Å². The Morgan fingerprint density at radius 2 is 1.74 bits per heavy atom. The summed E-state index contributed by atoms with van der Waals surface area (Å²) in [4.78, 5) is 37.9. The zero-order chi connectivity index (χ0) is 24.8. The standard InChI is InChI=1S/C26H30O7S/c1-30-21-13-16-7-6-15(12-17(27)8-11-23(29)31-2)19-14-20(28)22(34-5)10-9-18(19)24(16)26(33-4)25(21)32-3/h9-10,13-15H,6-8,11-12H2,1-5H3/t15-/m1/s1. The topological polar surface area (TPSA) is 88.1 Å². The molecule has 1 aliphatic rings. The summed E-state index contributed by atoms with van der Waals surface area (Å²) in [6.07, 6.45) is 3.55. The van der Waals surface area contributed by atoms with E-state index >= 15 is 0 Å². The summed E-state index contributed by atoms with van der Waals surface area (Å²) < 4.78 is 21.6. The number of ether oxygens (including phenoxy) is 4. The van der Waals surface area contributed by atoms with Crippen molar-refractivity contribution in [2.24, 2.45) is 0 Å². The summed E-state index contributed by atoms with van der Waals surface area (Å²) in [5.41, 5.74) is 3.35. The Hall–Kier alpha value is -3.00. The van der Waals surface area contributed by atoms with Crippen LogP contribution in [0.3, 0.4) is 0 Å². The van der Waals surface area contributed by atoms with Crippen LogP contribution in [0.15, 0.2) is 34.0 Å². The molecule has 182 valence electrons. The van der Waals surface area contributed by atoms with E-state index < -0.39 is 5.97 Å². The SMILES string of the molecule is COC(=O)CCC(=O)C[C@H]1CCc2cc(OC)c(OC)c(OC)c2-c2ccc(SC)c(=O)cc21. The number of ketones is 1. The highest BCUT2D eigenvalue weighted by molar-refractivity contribution is 7.98. The van der Waals surface area contributed by atoms with Crippen LogP contribution in [0.25, 0.3) is 11.1 Å². The van der Waals surface area contributed by atoms with Crippen molar-refractivity contribution in [3.63, 3.8) is 0 Å². The zero-order valence-corrected chi connectivity index (χ0v) is 21.0. The Balaban J connectivity index is 2.20. The van der Waals surface area contributed by atoms with Gasteiger partial charge in [-0.05, 0) is 59.9 Å². The number of carbonyl (C=O) groups is 2. The lowest BCUT2D eigenvalue weighted by atomic mass is 9.88. The van der Waals surface area contributed by atoms with E-state index in [9.17, 15) is 14.4 Å². The third kappa shape index (κ3) is 5.22. The second-order valence-electron chi connectivity index (χ2n) is 8.01. The van der Waals surface area contributed by atoms with Gasteiger partial charge < -0.3 is 18.9 Å². The van der Waals surface area contributed by atoms with Crippen LogP contribution < -0.4 is 19.6 Å². The number of aryl methyl sites for hydroxylation is 1. The zero-order valence-electron chi connectivity index (χ0n) is 20.2. The van der Waals surface area contributed by atoms with E-state index in [1.165, 1.54) is 18.9 Å². The molecular formula is C26H30O7S. The summed E-state index contributed by atoms with van der Waals surface area (Å²) in [6, 6.07) is 7.31. The second-order valence-corrected chi connectivity index (χ2v) is 8.86. The van der Waals surface area contributed by atoms with E-state index in [0.717, 1.165) is 22.3 Å². The number of hydrogen-bond acceptors (Lipinski definition) is 8. The van der Waals surface area contributed by atoms with Crippen molar-refractivity contribution in [1.29, 1.82) is 0 Å². The van der Waals surface area contributed by atoms with Crippen LogP contribution in [-0.4, -0.2) is 46.4 Å². The van der Waals surface area contributed by atoms with Crippen molar-refractivity contribution < 1.29 is 28.5 Å². The van der Waals surface area contributed by atoms with E-state index in [2.05, 4.69) is 4.74 Å². The van der Waals surface area contributed by atoms with Gasteiger partial charge in [-0.1, -0.05) is 6.07 Å². The summed E-state index contributed by atoms with van der Waals surface area (Å²) in [5.74, 6) is 0.912. The number of esters is 1. The molecule has 0 aliphatic heterocycles. The fraction of sp³-hybridized carbons (Fsp3) is 0.423. The van der Waals surface area contributed by atoms with E-state index in [0.29, 0.717) is 35.0 Å². The molecule has 0 saturated heterocycles. The van der Waals surface area contributed by atoms with Gasteiger partial charge in [0, 0.05) is 18.4 Å². The Bertz CT molecular complexity index is 1140. The maximum Gasteiger partial charge on any atom is 0.305 e. The number of benzene rings is 1. The van der Waals surface area contributed by atoms with Crippen molar-refractivity contribution in [3.8, 4) is 28.4 Å². The molecule has 8 heteroatoms. The number of carbonyl (C=O) groups excluding carboxylic acids is 2. The molecule has 0 bridgehead atoms. The first-order valence-corrected chi connectivity index (χ1v) is 12.2. The normalized spacial score (nSPS) is 14.3. The van der Waals surface area contributed by atoms with Crippen LogP contribution in [0.1, 0.15) is 42.7 Å². The van der Waals surface area contributed by atoms with Crippen LogP contribution >= 0.6 is 11.8 Å². The molecule has 0 spiro atoms. The maximum atomic E-state index is 13.0. The molecule has 0 saturated carbocycles. The second kappa shape index (κ2) is 11.4. The van der Waals surface area contributed by atoms with Crippen LogP contribution in [0.2, 0.25) is 0 Å². The fourth-order valence-electron chi connectivity index (χ4n) is 4.48. The van der Waals surface area contributed by atoms with Gasteiger partial charge >= 0.3 is 5.97 Å². The Morgan fingerprint density at radius 3 is 2.35 bits per heavy atom. The van der Waals surface area contributed by atoms with Crippen molar-refractivity contribution >= 4 is 23.5 Å². The van der Waals surface area contributed by atoms with Crippen molar-refractivity contribution in [3.05, 3.63) is 45.6 Å². The molecule has 2 aromatic carbocycles. The first-order valence-electron chi connectivity index (χ1n) is 11.0. The third-order valence-corrected chi connectivity index (χ3v) is 6.93. The molecule has 0 fully saturated rings. The molecule has 0 unspecified atom stereocenters. The minimum atomic E-state index is -0.413. The van der Waals surface area contributed by atoms with Gasteiger partial charge in [0.25, 0.3) is 0 Å². The van der Waals surface area contributed by atoms with Crippen LogP contribution in [-0.2, 0) is 20.7 Å². The molecular weight excluding hydrogens is 456 g/mol. The van der Waals surface area contributed by atoms with E-state index in [4.69, 9.17) is 14.2 Å². The first-order chi connectivity index (χ1) is 16.4. The number of rotatable bonds is 9. The summed E-state index contributed by atoms with van der Waals surface area (Å²) in [7, 11) is 6.01. The molecule has 0 aromatic heterocycles. The molecule has 34 heavy (non-hydrogen) atoms. The average Bonchev–Trinajstić information content (AvgIpc) is 3.09. The molecule has 0 heterocycles. The molecule has 0 amide bonds. The Kier molecular flexibility index (Phi) is 8.61. The molecule has 1 aliphatic carbocycles. The summed E-state index contributed by atoms with van der Waals surface area (Å²) in [5, 5.41) is 0. The predicted octanol–water partition coefficient (Wildman–Crippen LogP) is 4.40.